The van der Waals surface area contributed by atoms with Crippen molar-refractivity contribution in [1.82, 2.24) is 0 Å². The molecule has 1 nitrogen and oxygen atoms in total. The van der Waals surface area contributed by atoms with E-state index >= 15 is 0 Å². The Hall–Kier alpha value is -0.250. The molecule has 1 saturated carbocycles. The Labute approximate surface area is 82.3 Å². The molecule has 14 heavy (non-hydrogen) atoms. The smallest absolute Gasteiger partial charge is 0.383 e. The molecule has 0 aromatic heterocycles. The summed E-state index contributed by atoms with van der Waals surface area (Å²) < 4.78 is 36.6. The maximum absolute atomic E-state index is 12.2. The van der Waals surface area contributed by atoms with E-state index in [1.165, 1.54) is 0 Å². The van der Waals surface area contributed by atoms with E-state index in [9.17, 15) is 13.2 Å². The molecule has 0 aliphatic heterocycles. The van der Waals surface area contributed by atoms with Gasteiger partial charge >= 0.3 is 6.18 Å². The fraction of sp³-hybridized carbons (Fsp3) is 1.00. The molecule has 0 bridgehead atoms. The number of alkyl halides is 3. The average molecular weight is 210 g/mol. The highest BCUT2D eigenvalue weighted by atomic mass is 19.4. The summed E-state index contributed by atoms with van der Waals surface area (Å²) in [5.41, 5.74) is 0. The predicted molar refractivity (Wildman–Crippen MR) is 47.8 cm³/mol. The molecular formula is C10H17F3O. The summed E-state index contributed by atoms with van der Waals surface area (Å²) in [7, 11) is 0. The highest BCUT2D eigenvalue weighted by Crippen LogP contribution is 2.37. The van der Waals surface area contributed by atoms with Gasteiger partial charge in [-0.25, -0.2) is 0 Å². The van der Waals surface area contributed by atoms with Crippen LogP contribution in [0.3, 0.4) is 0 Å². The molecule has 0 spiro atoms. The molecule has 0 radical (unpaired) electrons. The van der Waals surface area contributed by atoms with Crippen LogP contribution >= 0.6 is 0 Å². The summed E-state index contributed by atoms with van der Waals surface area (Å²) in [6.45, 7) is 1.99. The number of rotatable bonds is 2. The first kappa shape index (κ1) is 11.8. The Morgan fingerprint density at radius 2 is 2.00 bits per heavy atom. The molecule has 4 heteroatoms. The van der Waals surface area contributed by atoms with Gasteiger partial charge in [-0.15, -0.1) is 0 Å². The van der Waals surface area contributed by atoms with Crippen LogP contribution in [0.15, 0.2) is 0 Å². The summed E-state index contributed by atoms with van der Waals surface area (Å²) in [6, 6.07) is 0. The van der Waals surface area contributed by atoms with Gasteiger partial charge in [0, 0.05) is 0 Å². The van der Waals surface area contributed by atoms with Gasteiger partial charge in [0.25, 0.3) is 0 Å². The number of aliphatic hydroxyl groups excluding tert-OH is 1. The van der Waals surface area contributed by atoms with Gasteiger partial charge in [-0.2, -0.15) is 13.2 Å². The first-order valence-electron chi connectivity index (χ1n) is 5.20. The molecule has 1 aliphatic rings. The highest BCUT2D eigenvalue weighted by molar-refractivity contribution is 4.81. The zero-order valence-corrected chi connectivity index (χ0v) is 8.35. The van der Waals surface area contributed by atoms with Gasteiger partial charge in [0.15, 0.2) is 6.10 Å². The minimum atomic E-state index is -4.44. The van der Waals surface area contributed by atoms with Crippen molar-refractivity contribution < 1.29 is 18.3 Å². The Balaban J connectivity index is 2.51. The lowest BCUT2D eigenvalue weighted by Gasteiger charge is -2.32. The second-order valence-corrected chi connectivity index (χ2v) is 4.19. The zero-order chi connectivity index (χ0) is 10.8. The van der Waals surface area contributed by atoms with Crippen molar-refractivity contribution in [3.8, 4) is 0 Å². The van der Waals surface area contributed by atoms with Gasteiger partial charge in [0.05, 0.1) is 0 Å². The second kappa shape index (κ2) is 4.51. The van der Waals surface area contributed by atoms with E-state index in [4.69, 9.17) is 5.11 Å². The predicted octanol–water partition coefficient (Wildman–Crippen LogP) is 3.13. The Kier molecular flexibility index (Phi) is 3.81. The molecular weight excluding hydrogens is 193 g/mol. The maximum atomic E-state index is 12.2. The molecule has 1 rings (SSSR count). The molecule has 1 aliphatic carbocycles. The van der Waals surface area contributed by atoms with Crippen LogP contribution in [0.25, 0.3) is 0 Å². The number of hydrogen-bond acceptors (Lipinski definition) is 1. The van der Waals surface area contributed by atoms with Crippen molar-refractivity contribution in [3.05, 3.63) is 0 Å². The summed E-state index contributed by atoms with van der Waals surface area (Å²) in [5.74, 6) is -0.209. The largest absolute Gasteiger partial charge is 0.414 e. The van der Waals surface area contributed by atoms with Crippen LogP contribution in [0.1, 0.15) is 39.0 Å². The van der Waals surface area contributed by atoms with E-state index in [-0.39, 0.29) is 0 Å². The minimum Gasteiger partial charge on any atom is -0.383 e. The lowest BCUT2D eigenvalue weighted by atomic mass is 9.77. The van der Waals surface area contributed by atoms with Gasteiger partial charge < -0.3 is 5.11 Å². The maximum Gasteiger partial charge on any atom is 0.414 e. The molecule has 0 aromatic carbocycles. The first-order chi connectivity index (χ1) is 6.45. The molecule has 2 unspecified atom stereocenters. The van der Waals surface area contributed by atoms with Crippen molar-refractivity contribution in [2.45, 2.75) is 51.3 Å². The average Bonchev–Trinajstić information content (AvgIpc) is 2.15. The van der Waals surface area contributed by atoms with Crippen molar-refractivity contribution >= 4 is 0 Å². The van der Waals surface area contributed by atoms with Crippen LogP contribution in [0, 0.1) is 11.8 Å². The number of halogens is 3. The summed E-state index contributed by atoms with van der Waals surface area (Å²) in [4.78, 5) is 0. The molecule has 0 amide bonds. The van der Waals surface area contributed by atoms with Crippen LogP contribution in [0.2, 0.25) is 0 Å². The summed E-state index contributed by atoms with van der Waals surface area (Å²) in [5, 5.41) is 9.10. The van der Waals surface area contributed by atoms with Gasteiger partial charge in [0.2, 0.25) is 0 Å². The topological polar surface area (TPSA) is 20.2 Å². The Morgan fingerprint density at radius 1 is 1.36 bits per heavy atom. The van der Waals surface area contributed by atoms with Gasteiger partial charge in [-0.05, 0) is 24.7 Å². The quantitative estimate of drug-likeness (QED) is 0.742. The third kappa shape index (κ3) is 2.87. The van der Waals surface area contributed by atoms with Crippen LogP contribution in [-0.4, -0.2) is 17.4 Å². The molecule has 0 aromatic rings. The standard InChI is InChI=1S/C10H17F3O/c1-2-7-4-3-5-8(6-7)9(14)10(11,12)13/h7-9,14H,2-6H2,1H3/t7?,8?,9-/m0/s1. The van der Waals surface area contributed by atoms with Crippen LogP contribution < -0.4 is 0 Å². The third-order valence-electron chi connectivity index (χ3n) is 3.18. The fourth-order valence-corrected chi connectivity index (χ4v) is 2.26. The Bertz CT molecular complexity index is 179. The second-order valence-electron chi connectivity index (χ2n) is 4.19. The summed E-state index contributed by atoms with van der Waals surface area (Å²) >= 11 is 0. The molecule has 0 heterocycles. The van der Waals surface area contributed by atoms with Crippen LogP contribution in [0.5, 0.6) is 0 Å². The van der Waals surface area contributed by atoms with E-state index in [0.717, 1.165) is 19.3 Å². The molecule has 0 saturated heterocycles. The zero-order valence-electron chi connectivity index (χ0n) is 8.35. The SMILES string of the molecule is CCC1CCCC([C@H](O)C(F)(F)F)C1. The summed E-state index contributed by atoms with van der Waals surface area (Å²) in [6.07, 6.45) is -2.78. The van der Waals surface area contributed by atoms with E-state index in [0.29, 0.717) is 18.8 Å². The lowest BCUT2D eigenvalue weighted by Crippen LogP contribution is -2.38. The van der Waals surface area contributed by atoms with Crippen molar-refractivity contribution in [1.29, 1.82) is 0 Å². The highest BCUT2D eigenvalue weighted by Gasteiger charge is 2.44. The van der Waals surface area contributed by atoms with Gasteiger partial charge in [0.1, 0.15) is 0 Å². The van der Waals surface area contributed by atoms with Crippen molar-refractivity contribution in [2.24, 2.45) is 11.8 Å². The van der Waals surface area contributed by atoms with E-state index in [1.807, 2.05) is 6.92 Å². The fourth-order valence-electron chi connectivity index (χ4n) is 2.26. The molecule has 3 atom stereocenters. The molecule has 1 N–H and O–H groups in total. The van der Waals surface area contributed by atoms with Gasteiger partial charge in [-0.3, -0.25) is 0 Å². The number of hydrogen-bond donors (Lipinski definition) is 1. The van der Waals surface area contributed by atoms with Crippen LogP contribution in [-0.2, 0) is 0 Å². The normalized spacial score (nSPS) is 31.5. The minimum absolute atomic E-state index is 0.366. The Morgan fingerprint density at radius 3 is 2.50 bits per heavy atom. The van der Waals surface area contributed by atoms with E-state index < -0.39 is 18.2 Å². The molecule has 1 fully saturated rings. The molecule has 84 valence electrons. The van der Waals surface area contributed by atoms with E-state index in [2.05, 4.69) is 0 Å². The van der Waals surface area contributed by atoms with Crippen molar-refractivity contribution in [3.63, 3.8) is 0 Å². The van der Waals surface area contributed by atoms with E-state index in [1.54, 1.807) is 0 Å². The van der Waals surface area contributed by atoms with Gasteiger partial charge in [-0.1, -0.05) is 26.2 Å². The monoisotopic (exact) mass is 210 g/mol. The lowest BCUT2D eigenvalue weighted by molar-refractivity contribution is -0.223. The first-order valence-corrected chi connectivity index (χ1v) is 5.20. The van der Waals surface area contributed by atoms with Crippen molar-refractivity contribution in [2.75, 3.05) is 0 Å². The third-order valence-corrected chi connectivity index (χ3v) is 3.18. The number of aliphatic hydroxyl groups is 1. The van der Waals surface area contributed by atoms with Crippen LogP contribution in [0.4, 0.5) is 13.2 Å².